The van der Waals surface area contributed by atoms with Crippen LogP contribution in [0.2, 0.25) is 5.02 Å². The van der Waals surface area contributed by atoms with E-state index >= 15 is 0 Å². The van der Waals surface area contributed by atoms with Gasteiger partial charge in [0, 0.05) is 0 Å². The van der Waals surface area contributed by atoms with Crippen LogP contribution in [0.3, 0.4) is 0 Å². The number of aliphatic imine (C=N–C) groups is 1. The van der Waals surface area contributed by atoms with Crippen molar-refractivity contribution in [2.45, 2.75) is 13.0 Å². The van der Waals surface area contributed by atoms with Gasteiger partial charge in [0.15, 0.2) is 17.2 Å². The number of halogens is 1. The van der Waals surface area contributed by atoms with Crippen LogP contribution < -0.4 is 9.47 Å². The zero-order valence-corrected chi connectivity index (χ0v) is 17.8. The molecule has 0 aliphatic carbocycles. The van der Waals surface area contributed by atoms with Crippen molar-refractivity contribution >= 4 is 29.5 Å². The summed E-state index contributed by atoms with van der Waals surface area (Å²) in [5.41, 5.74) is 2.54. The molecule has 0 spiro atoms. The van der Waals surface area contributed by atoms with E-state index in [4.69, 9.17) is 25.8 Å². The number of hydrogen-bond donors (Lipinski definition) is 0. The molecule has 31 heavy (non-hydrogen) atoms. The molecule has 0 N–H and O–H groups in total. The Morgan fingerprint density at radius 1 is 1.00 bits per heavy atom. The molecule has 156 valence electrons. The Morgan fingerprint density at radius 3 is 2.48 bits per heavy atom. The lowest BCUT2D eigenvalue weighted by Gasteiger charge is -2.17. The van der Waals surface area contributed by atoms with Crippen molar-refractivity contribution < 1.29 is 19.0 Å². The second-order valence-corrected chi connectivity index (χ2v) is 7.30. The van der Waals surface area contributed by atoms with Gasteiger partial charge < -0.3 is 14.2 Å². The minimum Gasteiger partial charge on any atom is -0.493 e. The third-order valence-electron chi connectivity index (χ3n) is 4.79. The van der Waals surface area contributed by atoms with Gasteiger partial charge in [-0.2, -0.15) is 0 Å². The molecular formula is C25H20ClNO4. The normalized spacial score (nSPS) is 15.4. The predicted octanol–water partition coefficient (Wildman–Crippen LogP) is 5.83. The molecule has 0 amide bonds. The molecule has 0 aromatic heterocycles. The fourth-order valence-corrected chi connectivity index (χ4v) is 3.39. The van der Waals surface area contributed by atoms with E-state index in [1.54, 1.807) is 43.5 Å². The Bertz CT molecular complexity index is 1170. The molecule has 0 fully saturated rings. The molecular weight excluding hydrogens is 414 g/mol. The van der Waals surface area contributed by atoms with Gasteiger partial charge in [0.25, 0.3) is 0 Å². The quantitative estimate of drug-likeness (QED) is 0.362. The van der Waals surface area contributed by atoms with Crippen LogP contribution in [0.4, 0.5) is 0 Å². The van der Waals surface area contributed by atoms with Crippen LogP contribution in [-0.4, -0.2) is 19.0 Å². The number of hydrogen-bond acceptors (Lipinski definition) is 5. The van der Waals surface area contributed by atoms with E-state index in [0.29, 0.717) is 22.1 Å². The van der Waals surface area contributed by atoms with Crippen LogP contribution in [0.15, 0.2) is 83.5 Å². The van der Waals surface area contributed by atoms with Crippen molar-refractivity contribution in [2.75, 3.05) is 7.11 Å². The topological polar surface area (TPSA) is 57.1 Å². The molecule has 1 atom stereocenters. The molecule has 3 aromatic rings. The maximum absolute atomic E-state index is 12.3. The van der Waals surface area contributed by atoms with Crippen LogP contribution in [-0.2, 0) is 9.53 Å². The summed E-state index contributed by atoms with van der Waals surface area (Å²) in [7, 11) is 1.57. The van der Waals surface area contributed by atoms with Crippen LogP contribution >= 0.6 is 11.6 Å². The van der Waals surface area contributed by atoms with Gasteiger partial charge in [-0.15, -0.1) is 0 Å². The highest BCUT2D eigenvalue weighted by atomic mass is 35.5. The van der Waals surface area contributed by atoms with Gasteiger partial charge in [-0.3, -0.25) is 0 Å². The van der Waals surface area contributed by atoms with Gasteiger partial charge >= 0.3 is 5.97 Å². The minimum absolute atomic E-state index is 0.146. The molecule has 3 aromatic carbocycles. The molecule has 1 heterocycles. The highest BCUT2D eigenvalue weighted by molar-refractivity contribution is 6.34. The highest BCUT2D eigenvalue weighted by Crippen LogP contribution is 2.33. The van der Waals surface area contributed by atoms with Gasteiger partial charge in [0.05, 0.1) is 17.7 Å². The van der Waals surface area contributed by atoms with Gasteiger partial charge in [0.2, 0.25) is 5.90 Å². The Hall–Kier alpha value is -3.57. The van der Waals surface area contributed by atoms with Gasteiger partial charge in [0.1, 0.15) is 6.10 Å². The van der Waals surface area contributed by atoms with E-state index in [-0.39, 0.29) is 17.7 Å². The van der Waals surface area contributed by atoms with Crippen LogP contribution in [0, 0.1) is 0 Å². The first-order valence-electron chi connectivity index (χ1n) is 9.72. The Labute approximate surface area is 185 Å². The second-order valence-electron chi connectivity index (χ2n) is 6.90. The van der Waals surface area contributed by atoms with E-state index in [0.717, 1.165) is 11.1 Å². The predicted molar refractivity (Wildman–Crippen MR) is 121 cm³/mol. The third kappa shape index (κ3) is 4.62. The number of carbonyl (C=O) groups is 1. The summed E-state index contributed by atoms with van der Waals surface area (Å²) in [5.74, 6) is 0.812. The minimum atomic E-state index is -0.535. The summed E-state index contributed by atoms with van der Waals surface area (Å²) in [4.78, 5) is 16.6. The molecule has 6 heteroatoms. The van der Waals surface area contributed by atoms with Gasteiger partial charge in [-0.05, 0) is 48.4 Å². The average Bonchev–Trinajstić information content (AvgIpc) is 3.15. The molecule has 0 saturated heterocycles. The number of cyclic esters (lactones) is 1. The first-order chi connectivity index (χ1) is 15.0. The van der Waals surface area contributed by atoms with E-state index in [9.17, 15) is 4.79 Å². The standard InChI is InChI=1S/C25H20ClNO4/c1-16(18-8-4-3-5-9-18)30-22-13-12-17(15-23(22)29-2)14-21-25(28)31-24(27-21)19-10-6-7-11-20(19)26/h3-16H,1-2H3/b21-14+. The number of esters is 1. The van der Waals surface area contributed by atoms with Crippen molar-refractivity contribution in [3.8, 4) is 11.5 Å². The summed E-state index contributed by atoms with van der Waals surface area (Å²) in [6.45, 7) is 1.98. The maximum Gasteiger partial charge on any atom is 0.363 e. The van der Waals surface area contributed by atoms with Gasteiger partial charge in [-0.25, -0.2) is 9.79 Å². The Kier molecular flexibility index (Phi) is 6.05. The summed E-state index contributed by atoms with van der Waals surface area (Å²) in [6.07, 6.45) is 1.49. The fourth-order valence-electron chi connectivity index (χ4n) is 3.17. The van der Waals surface area contributed by atoms with Gasteiger partial charge in [-0.1, -0.05) is 60.1 Å². The molecule has 1 unspecified atom stereocenters. The van der Waals surface area contributed by atoms with Crippen molar-refractivity contribution in [3.63, 3.8) is 0 Å². The smallest absolute Gasteiger partial charge is 0.363 e. The summed E-state index contributed by atoms with van der Waals surface area (Å²) >= 11 is 6.18. The summed E-state index contributed by atoms with van der Waals surface area (Å²) < 4.78 is 16.9. The lowest BCUT2D eigenvalue weighted by Crippen LogP contribution is -2.05. The summed E-state index contributed by atoms with van der Waals surface area (Å²) in [6, 6.07) is 22.4. The molecule has 5 nitrogen and oxygen atoms in total. The van der Waals surface area contributed by atoms with Crippen molar-refractivity contribution in [2.24, 2.45) is 4.99 Å². The number of carbonyl (C=O) groups excluding carboxylic acids is 1. The first kappa shape index (κ1) is 20.7. The van der Waals surface area contributed by atoms with E-state index in [1.807, 2.05) is 49.4 Å². The Balaban J connectivity index is 1.58. The molecule has 4 rings (SSSR count). The lowest BCUT2D eigenvalue weighted by atomic mass is 10.1. The molecule has 0 bridgehead atoms. The second kappa shape index (κ2) is 9.06. The SMILES string of the molecule is COc1cc(/C=C2/N=C(c3ccccc3Cl)OC2=O)ccc1OC(C)c1ccccc1. The monoisotopic (exact) mass is 433 g/mol. The third-order valence-corrected chi connectivity index (χ3v) is 5.12. The van der Waals surface area contributed by atoms with E-state index in [2.05, 4.69) is 4.99 Å². The van der Waals surface area contributed by atoms with Crippen LogP contribution in [0.1, 0.15) is 29.7 Å². The Morgan fingerprint density at radius 2 is 1.74 bits per heavy atom. The number of nitrogens with zero attached hydrogens (tertiary/aromatic N) is 1. The van der Waals surface area contributed by atoms with E-state index < -0.39 is 5.97 Å². The first-order valence-corrected chi connectivity index (χ1v) is 10.1. The van der Waals surface area contributed by atoms with E-state index in [1.165, 1.54) is 0 Å². The number of methoxy groups -OCH3 is 1. The highest BCUT2D eigenvalue weighted by Gasteiger charge is 2.25. The number of rotatable bonds is 6. The molecule has 1 aliphatic rings. The zero-order chi connectivity index (χ0) is 21.8. The summed E-state index contributed by atoms with van der Waals surface area (Å²) in [5, 5.41) is 0.464. The molecule has 1 aliphatic heterocycles. The maximum atomic E-state index is 12.3. The van der Waals surface area contributed by atoms with Crippen molar-refractivity contribution in [3.05, 3.63) is 100 Å². The number of ether oxygens (including phenoxy) is 3. The number of benzene rings is 3. The van der Waals surface area contributed by atoms with Crippen molar-refractivity contribution in [1.82, 2.24) is 0 Å². The molecule has 0 saturated carbocycles. The zero-order valence-electron chi connectivity index (χ0n) is 17.0. The van der Waals surface area contributed by atoms with Crippen LogP contribution in [0.25, 0.3) is 6.08 Å². The van der Waals surface area contributed by atoms with Crippen LogP contribution in [0.5, 0.6) is 11.5 Å². The average molecular weight is 434 g/mol. The fraction of sp³-hybridized carbons (Fsp3) is 0.120. The lowest BCUT2D eigenvalue weighted by molar-refractivity contribution is -0.129. The largest absolute Gasteiger partial charge is 0.493 e. The molecule has 0 radical (unpaired) electrons. The van der Waals surface area contributed by atoms with Crippen molar-refractivity contribution in [1.29, 1.82) is 0 Å².